The summed E-state index contributed by atoms with van der Waals surface area (Å²) in [5, 5.41) is 0. The van der Waals surface area contributed by atoms with Crippen LogP contribution in [0.2, 0.25) is 0 Å². The predicted molar refractivity (Wildman–Crippen MR) is 88.8 cm³/mol. The van der Waals surface area contributed by atoms with E-state index in [0.29, 0.717) is 11.1 Å². The molecule has 0 fully saturated rings. The molecule has 0 unspecified atom stereocenters. The first-order valence-corrected chi connectivity index (χ1v) is 8.14. The lowest BCUT2D eigenvalue weighted by molar-refractivity contribution is -0.698. The van der Waals surface area contributed by atoms with Gasteiger partial charge in [0.1, 0.15) is 13.1 Å². The first-order valence-electron chi connectivity index (χ1n) is 8.14. The number of carbonyl (C=O) groups excluding carboxylic acids is 2. The van der Waals surface area contributed by atoms with Crippen LogP contribution in [0, 0.1) is 0 Å². The summed E-state index contributed by atoms with van der Waals surface area (Å²) in [6, 6.07) is 6.98. The molecule has 24 heavy (non-hydrogen) atoms. The van der Waals surface area contributed by atoms with Gasteiger partial charge in [-0.1, -0.05) is 0 Å². The lowest BCUT2D eigenvalue weighted by atomic mass is 10.2. The molecule has 2 rings (SSSR count). The maximum atomic E-state index is 11.0. The van der Waals surface area contributed by atoms with Crippen molar-refractivity contribution in [2.24, 2.45) is 11.5 Å². The summed E-state index contributed by atoms with van der Waals surface area (Å²) in [5.74, 6) is -0.799. The number of nitrogens with zero attached hydrogens (tertiary/aromatic N) is 2. The molecule has 126 valence electrons. The molecule has 0 atom stereocenters. The van der Waals surface area contributed by atoms with Gasteiger partial charge in [0.2, 0.25) is 11.8 Å². The normalized spacial score (nSPS) is 10.5. The molecule has 0 aliphatic heterocycles. The smallest absolute Gasteiger partial charge is 0.249 e. The van der Waals surface area contributed by atoms with Crippen molar-refractivity contribution in [3.8, 4) is 0 Å². The number of rotatable bonds is 9. The number of unbranched alkanes of at least 4 members (excludes halogenated alkanes) is 3. The maximum absolute atomic E-state index is 11.0. The summed E-state index contributed by atoms with van der Waals surface area (Å²) >= 11 is 0. The molecule has 0 aliphatic rings. The van der Waals surface area contributed by atoms with Gasteiger partial charge in [-0.15, -0.1) is 0 Å². The number of hydrogen-bond acceptors (Lipinski definition) is 2. The summed E-state index contributed by atoms with van der Waals surface area (Å²) in [7, 11) is 0. The third-order valence-electron chi connectivity index (χ3n) is 3.93. The fourth-order valence-electron chi connectivity index (χ4n) is 2.48. The summed E-state index contributed by atoms with van der Waals surface area (Å²) in [6.45, 7) is 1.86. The molecule has 2 heterocycles. The Labute approximate surface area is 141 Å². The summed E-state index contributed by atoms with van der Waals surface area (Å²) in [6.07, 6.45) is 12.0. The number of aromatic nitrogens is 2. The summed E-state index contributed by atoms with van der Waals surface area (Å²) in [5.41, 5.74) is 11.5. The van der Waals surface area contributed by atoms with Crippen molar-refractivity contribution in [1.82, 2.24) is 0 Å². The highest BCUT2D eigenvalue weighted by Gasteiger charge is 2.06. The zero-order valence-electron chi connectivity index (χ0n) is 13.7. The molecule has 2 aromatic rings. The average Bonchev–Trinajstić information content (AvgIpc) is 2.58. The Morgan fingerprint density at radius 3 is 1.29 bits per heavy atom. The van der Waals surface area contributed by atoms with Crippen molar-refractivity contribution >= 4 is 11.8 Å². The van der Waals surface area contributed by atoms with Gasteiger partial charge < -0.3 is 11.5 Å². The maximum Gasteiger partial charge on any atom is 0.249 e. The number of primary amides is 2. The topological polar surface area (TPSA) is 93.9 Å². The van der Waals surface area contributed by atoms with Crippen molar-refractivity contribution < 1.29 is 18.7 Å². The van der Waals surface area contributed by atoms with E-state index in [1.54, 1.807) is 24.3 Å². The molecule has 6 nitrogen and oxygen atoms in total. The van der Waals surface area contributed by atoms with Gasteiger partial charge >= 0.3 is 0 Å². The molecule has 0 saturated carbocycles. The van der Waals surface area contributed by atoms with E-state index in [4.69, 9.17) is 11.5 Å². The van der Waals surface area contributed by atoms with Gasteiger partial charge in [-0.05, 0) is 12.8 Å². The standard InChI is InChI=1S/C18H22N4O2/c19-17(23)15-5-11-21(12-6-15)9-3-1-2-4-10-22-13-7-16(8-14-22)18(20)24/h5-8,11-14H,1-4,9-10H2,(H2-2,19,20,23,24)/p+2. The van der Waals surface area contributed by atoms with E-state index in [2.05, 4.69) is 9.13 Å². The zero-order valence-corrected chi connectivity index (χ0v) is 13.7. The number of hydrogen-bond donors (Lipinski definition) is 2. The van der Waals surface area contributed by atoms with Crippen LogP contribution in [0.15, 0.2) is 49.1 Å². The van der Waals surface area contributed by atoms with E-state index in [1.807, 2.05) is 24.8 Å². The Bertz CT molecular complexity index is 620. The highest BCUT2D eigenvalue weighted by molar-refractivity contribution is 5.92. The van der Waals surface area contributed by atoms with Crippen LogP contribution in [0.1, 0.15) is 46.4 Å². The van der Waals surface area contributed by atoms with Gasteiger partial charge in [0.25, 0.3) is 0 Å². The molecule has 0 bridgehead atoms. The van der Waals surface area contributed by atoms with E-state index < -0.39 is 11.8 Å². The third kappa shape index (κ3) is 5.46. The van der Waals surface area contributed by atoms with E-state index in [0.717, 1.165) is 38.8 Å². The van der Waals surface area contributed by atoms with E-state index in [-0.39, 0.29) is 0 Å². The average molecular weight is 328 g/mol. The summed E-state index contributed by atoms with van der Waals surface area (Å²) in [4.78, 5) is 22.0. The Hall–Kier alpha value is -2.76. The van der Waals surface area contributed by atoms with Crippen LogP contribution in [-0.2, 0) is 13.1 Å². The minimum absolute atomic E-state index is 0.400. The fourth-order valence-corrected chi connectivity index (χ4v) is 2.48. The molecule has 0 radical (unpaired) electrons. The molecule has 0 spiro atoms. The van der Waals surface area contributed by atoms with Gasteiger partial charge in [-0.3, -0.25) is 9.59 Å². The third-order valence-corrected chi connectivity index (χ3v) is 3.93. The molecule has 0 saturated heterocycles. The molecule has 2 amide bonds. The Kier molecular flexibility index (Phi) is 6.42. The zero-order chi connectivity index (χ0) is 17.4. The quantitative estimate of drug-likeness (QED) is 0.524. The monoisotopic (exact) mass is 328 g/mol. The highest BCUT2D eigenvalue weighted by atomic mass is 16.1. The Morgan fingerprint density at radius 1 is 0.667 bits per heavy atom. The number of nitrogens with two attached hydrogens (primary N) is 2. The van der Waals surface area contributed by atoms with Crippen molar-refractivity contribution in [1.29, 1.82) is 0 Å². The van der Waals surface area contributed by atoms with Crippen LogP contribution in [-0.4, -0.2) is 11.8 Å². The molecular weight excluding hydrogens is 304 g/mol. The second kappa shape index (κ2) is 8.76. The predicted octanol–water partition coefficient (Wildman–Crippen LogP) is 0.720. The molecule has 0 aromatic carbocycles. The summed E-state index contributed by atoms with van der Waals surface area (Å²) < 4.78 is 4.12. The van der Waals surface area contributed by atoms with Gasteiger partial charge in [0.15, 0.2) is 24.8 Å². The van der Waals surface area contributed by atoms with Crippen molar-refractivity contribution in [2.45, 2.75) is 38.8 Å². The second-order valence-corrected chi connectivity index (χ2v) is 5.79. The van der Waals surface area contributed by atoms with E-state index in [1.165, 1.54) is 0 Å². The number of amides is 2. The minimum atomic E-state index is -0.400. The van der Waals surface area contributed by atoms with Crippen LogP contribution in [0.5, 0.6) is 0 Å². The number of aryl methyl sites for hydroxylation is 2. The van der Waals surface area contributed by atoms with Gasteiger partial charge in [0, 0.05) is 37.1 Å². The minimum Gasteiger partial charge on any atom is -0.366 e. The van der Waals surface area contributed by atoms with E-state index >= 15 is 0 Å². The highest BCUT2D eigenvalue weighted by Crippen LogP contribution is 2.01. The Balaban J connectivity index is 1.62. The lowest BCUT2D eigenvalue weighted by Crippen LogP contribution is -2.33. The van der Waals surface area contributed by atoms with Gasteiger partial charge in [0.05, 0.1) is 11.1 Å². The van der Waals surface area contributed by atoms with E-state index in [9.17, 15) is 9.59 Å². The first-order chi connectivity index (χ1) is 11.6. The van der Waals surface area contributed by atoms with Crippen LogP contribution in [0.25, 0.3) is 0 Å². The van der Waals surface area contributed by atoms with Crippen LogP contribution in [0.3, 0.4) is 0 Å². The second-order valence-electron chi connectivity index (χ2n) is 5.79. The molecule has 6 heteroatoms. The molecule has 4 N–H and O–H groups in total. The lowest BCUT2D eigenvalue weighted by Gasteiger charge is -2.00. The SMILES string of the molecule is NC(=O)c1cc[n+](CCCCCC[n+]2ccc(C(N)=O)cc2)cc1. The first kappa shape index (κ1) is 17.6. The van der Waals surface area contributed by atoms with Crippen LogP contribution in [0.4, 0.5) is 0 Å². The van der Waals surface area contributed by atoms with Crippen molar-refractivity contribution in [3.63, 3.8) is 0 Å². The largest absolute Gasteiger partial charge is 0.366 e. The number of carbonyl (C=O) groups is 2. The fraction of sp³-hybridized carbons (Fsp3) is 0.333. The molecular formula is C18H24N4O2+2. The van der Waals surface area contributed by atoms with Crippen LogP contribution < -0.4 is 20.6 Å². The molecule has 0 aliphatic carbocycles. The molecule has 2 aromatic heterocycles. The number of pyridine rings is 2. The van der Waals surface area contributed by atoms with Crippen molar-refractivity contribution in [2.75, 3.05) is 0 Å². The van der Waals surface area contributed by atoms with Crippen LogP contribution >= 0.6 is 0 Å². The van der Waals surface area contributed by atoms with Gasteiger partial charge in [-0.2, -0.15) is 0 Å². The van der Waals surface area contributed by atoms with Crippen molar-refractivity contribution in [3.05, 3.63) is 60.2 Å². The van der Waals surface area contributed by atoms with Gasteiger partial charge in [-0.25, -0.2) is 9.13 Å². The Morgan fingerprint density at radius 2 is 1.00 bits per heavy atom.